The molecule has 0 saturated heterocycles. The maximum atomic E-state index is 11.3. The summed E-state index contributed by atoms with van der Waals surface area (Å²) in [6.07, 6.45) is 4.42. The van der Waals surface area contributed by atoms with Gasteiger partial charge in [0.05, 0.1) is 19.2 Å². The van der Waals surface area contributed by atoms with Gasteiger partial charge in [-0.3, -0.25) is 9.48 Å². The van der Waals surface area contributed by atoms with Crippen LogP contribution in [0, 0.1) is 5.92 Å². The number of methoxy groups -OCH3 is 1. The Hall–Kier alpha value is -1.32. The van der Waals surface area contributed by atoms with Crippen LogP contribution in [0.3, 0.4) is 0 Å². The predicted octanol–water partition coefficient (Wildman–Crippen LogP) is 0.698. The highest BCUT2D eigenvalue weighted by molar-refractivity contribution is 5.73. The number of ether oxygens (including phenoxy) is 1. The number of hydrogen-bond donors (Lipinski definition) is 0. The molecule has 0 aliphatic heterocycles. The molecule has 1 aliphatic rings. The number of aromatic nitrogens is 2. The summed E-state index contributed by atoms with van der Waals surface area (Å²) in [5.41, 5.74) is 2.44. The molecule has 0 spiro atoms. The molecule has 0 bridgehead atoms. The van der Waals surface area contributed by atoms with Gasteiger partial charge in [0.15, 0.2) is 0 Å². The molecule has 0 saturated carbocycles. The van der Waals surface area contributed by atoms with Crippen LogP contribution in [-0.2, 0) is 29.4 Å². The van der Waals surface area contributed by atoms with Crippen LogP contribution in [0.4, 0.5) is 0 Å². The molecule has 1 aromatic heterocycles. The second-order valence-corrected chi connectivity index (χ2v) is 3.70. The zero-order chi connectivity index (χ0) is 10.1. The lowest BCUT2D eigenvalue weighted by Crippen LogP contribution is -2.24. The number of esters is 1. The van der Waals surface area contributed by atoms with E-state index < -0.39 is 0 Å². The second-order valence-electron chi connectivity index (χ2n) is 3.70. The van der Waals surface area contributed by atoms with Gasteiger partial charge < -0.3 is 4.74 Å². The first-order valence-electron chi connectivity index (χ1n) is 4.80. The molecular weight excluding hydrogens is 180 g/mol. The van der Waals surface area contributed by atoms with Crippen molar-refractivity contribution in [2.45, 2.75) is 19.3 Å². The van der Waals surface area contributed by atoms with E-state index in [1.807, 2.05) is 17.9 Å². The van der Waals surface area contributed by atoms with E-state index in [9.17, 15) is 4.79 Å². The van der Waals surface area contributed by atoms with Crippen LogP contribution >= 0.6 is 0 Å². The molecule has 0 radical (unpaired) electrons. The SMILES string of the molecule is COC(=O)[C@@H]1CCc2c(cnn2C)C1. The van der Waals surface area contributed by atoms with E-state index >= 15 is 0 Å². The van der Waals surface area contributed by atoms with Gasteiger partial charge >= 0.3 is 5.97 Å². The molecule has 14 heavy (non-hydrogen) atoms. The highest BCUT2D eigenvalue weighted by Crippen LogP contribution is 2.25. The Bertz CT molecular complexity index is 357. The first-order valence-corrected chi connectivity index (χ1v) is 4.80. The van der Waals surface area contributed by atoms with E-state index in [1.54, 1.807) is 0 Å². The minimum Gasteiger partial charge on any atom is -0.469 e. The van der Waals surface area contributed by atoms with Crippen LogP contribution in [0.5, 0.6) is 0 Å². The molecule has 1 atom stereocenters. The quantitative estimate of drug-likeness (QED) is 0.618. The number of fused-ring (bicyclic) bond motifs is 1. The topological polar surface area (TPSA) is 44.1 Å². The van der Waals surface area contributed by atoms with Gasteiger partial charge in [0.2, 0.25) is 0 Å². The zero-order valence-corrected chi connectivity index (χ0v) is 8.49. The molecule has 1 aliphatic carbocycles. The predicted molar refractivity (Wildman–Crippen MR) is 50.7 cm³/mol. The largest absolute Gasteiger partial charge is 0.469 e. The lowest BCUT2D eigenvalue weighted by molar-refractivity contribution is -0.145. The van der Waals surface area contributed by atoms with Gasteiger partial charge in [0, 0.05) is 12.7 Å². The number of aryl methyl sites for hydroxylation is 1. The van der Waals surface area contributed by atoms with Crippen molar-refractivity contribution >= 4 is 5.97 Å². The van der Waals surface area contributed by atoms with Crippen molar-refractivity contribution in [1.82, 2.24) is 9.78 Å². The maximum absolute atomic E-state index is 11.3. The van der Waals surface area contributed by atoms with Crippen molar-refractivity contribution in [2.24, 2.45) is 13.0 Å². The number of nitrogens with zero attached hydrogens (tertiary/aromatic N) is 2. The number of carbonyl (C=O) groups excluding carboxylic acids is 1. The van der Waals surface area contributed by atoms with Crippen LogP contribution in [-0.4, -0.2) is 22.9 Å². The van der Waals surface area contributed by atoms with E-state index in [0.29, 0.717) is 0 Å². The maximum Gasteiger partial charge on any atom is 0.309 e. The minimum atomic E-state index is -0.0977. The van der Waals surface area contributed by atoms with Crippen molar-refractivity contribution in [3.05, 3.63) is 17.5 Å². The number of carbonyl (C=O) groups is 1. The van der Waals surface area contributed by atoms with Gasteiger partial charge in [0.25, 0.3) is 0 Å². The molecule has 76 valence electrons. The van der Waals surface area contributed by atoms with E-state index in [2.05, 4.69) is 5.10 Å². The summed E-state index contributed by atoms with van der Waals surface area (Å²) < 4.78 is 6.64. The lowest BCUT2D eigenvalue weighted by atomic mass is 9.88. The van der Waals surface area contributed by atoms with Gasteiger partial charge in [0.1, 0.15) is 0 Å². The highest BCUT2D eigenvalue weighted by atomic mass is 16.5. The molecule has 1 heterocycles. The third-order valence-corrected chi connectivity index (χ3v) is 2.88. The molecule has 0 N–H and O–H groups in total. The van der Waals surface area contributed by atoms with Crippen LogP contribution in [0.1, 0.15) is 17.7 Å². The third-order valence-electron chi connectivity index (χ3n) is 2.88. The molecule has 4 nitrogen and oxygen atoms in total. The summed E-state index contributed by atoms with van der Waals surface area (Å²) in [7, 11) is 3.39. The standard InChI is InChI=1S/C10H14N2O2/c1-12-9-4-3-7(10(13)14-2)5-8(9)6-11-12/h6-7H,3-5H2,1-2H3/t7-/m1/s1. The van der Waals surface area contributed by atoms with Crippen LogP contribution < -0.4 is 0 Å². The summed E-state index contributed by atoms with van der Waals surface area (Å²) in [6, 6.07) is 0. The van der Waals surface area contributed by atoms with E-state index in [4.69, 9.17) is 4.74 Å². The normalized spacial score (nSPS) is 20.3. The third kappa shape index (κ3) is 1.41. The first-order chi connectivity index (χ1) is 6.72. The molecule has 0 fully saturated rings. The molecule has 2 rings (SSSR count). The van der Waals surface area contributed by atoms with Gasteiger partial charge in [-0.2, -0.15) is 5.10 Å². The van der Waals surface area contributed by atoms with Crippen molar-refractivity contribution in [3.63, 3.8) is 0 Å². The summed E-state index contributed by atoms with van der Waals surface area (Å²) in [5, 5.41) is 4.18. The Kier molecular flexibility index (Phi) is 2.27. The smallest absolute Gasteiger partial charge is 0.309 e. The molecular formula is C10H14N2O2. The fraction of sp³-hybridized carbons (Fsp3) is 0.600. The summed E-state index contributed by atoms with van der Waals surface area (Å²) in [5.74, 6) is -0.0730. The Morgan fingerprint density at radius 1 is 1.71 bits per heavy atom. The molecule has 1 aromatic rings. The van der Waals surface area contributed by atoms with Crippen molar-refractivity contribution in [3.8, 4) is 0 Å². The van der Waals surface area contributed by atoms with Gasteiger partial charge in [-0.15, -0.1) is 0 Å². The van der Waals surface area contributed by atoms with Gasteiger partial charge in [-0.05, 0) is 24.8 Å². The monoisotopic (exact) mass is 194 g/mol. The minimum absolute atomic E-state index is 0.0247. The van der Waals surface area contributed by atoms with Gasteiger partial charge in [-0.1, -0.05) is 0 Å². The fourth-order valence-corrected chi connectivity index (χ4v) is 2.05. The number of rotatable bonds is 1. The highest BCUT2D eigenvalue weighted by Gasteiger charge is 2.27. The summed E-state index contributed by atoms with van der Waals surface area (Å²) in [4.78, 5) is 11.3. The van der Waals surface area contributed by atoms with E-state index in [-0.39, 0.29) is 11.9 Å². The summed E-state index contributed by atoms with van der Waals surface area (Å²) in [6.45, 7) is 0. The molecule has 4 heteroatoms. The van der Waals surface area contributed by atoms with E-state index in [1.165, 1.54) is 18.4 Å². The van der Waals surface area contributed by atoms with Crippen LogP contribution in [0.25, 0.3) is 0 Å². The number of hydrogen-bond acceptors (Lipinski definition) is 3. The van der Waals surface area contributed by atoms with Crippen LogP contribution in [0.2, 0.25) is 0 Å². The zero-order valence-electron chi connectivity index (χ0n) is 8.49. The average molecular weight is 194 g/mol. The Morgan fingerprint density at radius 3 is 3.21 bits per heavy atom. The Labute approximate surface area is 82.9 Å². The van der Waals surface area contributed by atoms with Gasteiger partial charge in [-0.25, -0.2) is 0 Å². The van der Waals surface area contributed by atoms with E-state index in [0.717, 1.165) is 19.3 Å². The molecule has 0 amide bonds. The molecule has 0 aromatic carbocycles. The van der Waals surface area contributed by atoms with Crippen molar-refractivity contribution < 1.29 is 9.53 Å². The average Bonchev–Trinajstić information content (AvgIpc) is 2.59. The summed E-state index contributed by atoms with van der Waals surface area (Å²) >= 11 is 0. The Morgan fingerprint density at radius 2 is 2.50 bits per heavy atom. The Balaban J connectivity index is 2.18. The first kappa shape index (κ1) is 9.24. The fourth-order valence-electron chi connectivity index (χ4n) is 2.05. The second kappa shape index (κ2) is 3.44. The van der Waals surface area contributed by atoms with Crippen molar-refractivity contribution in [2.75, 3.05) is 7.11 Å². The van der Waals surface area contributed by atoms with Crippen molar-refractivity contribution in [1.29, 1.82) is 0 Å². The van der Waals surface area contributed by atoms with Crippen LogP contribution in [0.15, 0.2) is 6.20 Å². The lowest BCUT2D eigenvalue weighted by Gasteiger charge is -2.19. The molecule has 0 unspecified atom stereocenters.